The smallest absolute Gasteiger partial charge is 0.431 e. The number of hydrogen-bond acceptors (Lipinski definition) is 6. The number of Topliss-reactive ketones (excluding diaryl/α,β-unsaturated/α-hetero) is 1. The number of pyridine rings is 1. The standard InChI is InChI=1S/C29H25F4N5O3/c30-21-9-4-5-10-22(21)35-28(40)38-14-6-13-37(15-16-38)24-12-11-19(18-34-24)17-23(39)25-26(29(31,32)33)41-27(36-25)20-7-2-1-3-8-20/h1-5,7-12,18H,6,13-17H2,(H,35,40). The van der Waals surface area contributed by atoms with Crippen molar-refractivity contribution in [3.63, 3.8) is 0 Å². The van der Waals surface area contributed by atoms with Crippen LogP contribution < -0.4 is 10.2 Å². The zero-order valence-electron chi connectivity index (χ0n) is 21.7. The van der Waals surface area contributed by atoms with Crippen molar-refractivity contribution in [1.29, 1.82) is 0 Å². The average Bonchev–Trinajstić information content (AvgIpc) is 3.29. The van der Waals surface area contributed by atoms with Crippen molar-refractivity contribution in [3.8, 4) is 11.5 Å². The van der Waals surface area contributed by atoms with Crippen LogP contribution in [0.5, 0.6) is 0 Å². The Labute approximate surface area is 232 Å². The number of oxazole rings is 1. The van der Waals surface area contributed by atoms with E-state index in [1.54, 1.807) is 59.5 Å². The van der Waals surface area contributed by atoms with Gasteiger partial charge in [-0.2, -0.15) is 13.2 Å². The molecule has 2 aromatic heterocycles. The molecule has 2 amide bonds. The number of urea groups is 1. The summed E-state index contributed by atoms with van der Waals surface area (Å²) in [5.41, 5.74) is 0.0667. The van der Waals surface area contributed by atoms with Crippen molar-refractivity contribution in [2.75, 3.05) is 36.4 Å². The highest BCUT2D eigenvalue weighted by atomic mass is 19.4. The highest BCUT2D eigenvalue weighted by Crippen LogP contribution is 2.35. The molecule has 212 valence electrons. The molecule has 1 saturated heterocycles. The van der Waals surface area contributed by atoms with Crippen LogP contribution in [-0.2, 0) is 12.6 Å². The number of hydrogen-bond donors (Lipinski definition) is 1. The number of alkyl halides is 3. The lowest BCUT2D eigenvalue weighted by Gasteiger charge is -2.23. The summed E-state index contributed by atoms with van der Waals surface area (Å²) in [5, 5.41) is 2.59. The van der Waals surface area contributed by atoms with Crippen LogP contribution in [0.4, 0.5) is 33.9 Å². The van der Waals surface area contributed by atoms with Gasteiger partial charge in [0, 0.05) is 44.4 Å². The van der Waals surface area contributed by atoms with Crippen LogP contribution in [0.15, 0.2) is 77.3 Å². The van der Waals surface area contributed by atoms with Gasteiger partial charge in [-0.15, -0.1) is 0 Å². The minimum absolute atomic E-state index is 0.106. The van der Waals surface area contributed by atoms with Crippen LogP contribution in [0.2, 0.25) is 0 Å². The summed E-state index contributed by atoms with van der Waals surface area (Å²) in [6.07, 6.45) is -3.16. The largest absolute Gasteiger partial charge is 0.452 e. The number of halogens is 4. The first kappa shape index (κ1) is 27.8. The van der Waals surface area contributed by atoms with E-state index in [2.05, 4.69) is 15.3 Å². The second-order valence-corrected chi connectivity index (χ2v) is 9.42. The Morgan fingerprint density at radius 2 is 1.68 bits per heavy atom. The number of benzene rings is 2. The summed E-state index contributed by atoms with van der Waals surface area (Å²) in [4.78, 5) is 37.4. The number of ketones is 1. The van der Waals surface area contributed by atoms with Gasteiger partial charge in [0.15, 0.2) is 11.5 Å². The Kier molecular flexibility index (Phi) is 7.99. The number of anilines is 2. The Morgan fingerprint density at radius 1 is 0.927 bits per heavy atom. The lowest BCUT2D eigenvalue weighted by Crippen LogP contribution is -2.38. The first-order valence-electron chi connectivity index (χ1n) is 12.9. The van der Waals surface area contributed by atoms with Gasteiger partial charge in [0.1, 0.15) is 11.6 Å². The molecule has 3 heterocycles. The number of nitrogens with one attached hydrogen (secondary N) is 1. The molecule has 0 bridgehead atoms. The average molecular weight is 568 g/mol. The van der Waals surface area contributed by atoms with Crippen molar-refractivity contribution in [3.05, 3.63) is 95.8 Å². The zero-order chi connectivity index (χ0) is 29.0. The monoisotopic (exact) mass is 567 g/mol. The predicted octanol–water partition coefficient (Wildman–Crippen LogP) is 6.06. The van der Waals surface area contributed by atoms with E-state index in [0.29, 0.717) is 49.5 Å². The number of amides is 2. The van der Waals surface area contributed by atoms with Crippen LogP contribution in [0.1, 0.15) is 28.2 Å². The third-order valence-electron chi connectivity index (χ3n) is 6.57. The second-order valence-electron chi connectivity index (χ2n) is 9.42. The number of carbonyl (C=O) groups excluding carboxylic acids is 2. The fourth-order valence-electron chi connectivity index (χ4n) is 4.49. The minimum atomic E-state index is -4.89. The SMILES string of the molecule is O=C(Cc1ccc(N2CCCN(C(=O)Nc3ccccc3F)CC2)nc1)c1nc(-c2ccccc2)oc1C(F)(F)F. The molecule has 2 aromatic carbocycles. The van der Waals surface area contributed by atoms with Gasteiger partial charge in [-0.1, -0.05) is 36.4 Å². The topological polar surface area (TPSA) is 91.6 Å². The van der Waals surface area contributed by atoms with Gasteiger partial charge in [0.25, 0.3) is 0 Å². The van der Waals surface area contributed by atoms with Crippen LogP contribution >= 0.6 is 0 Å². The fraction of sp³-hybridized carbons (Fsp3) is 0.241. The van der Waals surface area contributed by atoms with Crippen LogP contribution in [0.3, 0.4) is 0 Å². The summed E-state index contributed by atoms with van der Waals surface area (Å²) in [6, 6.07) is 16.9. The van der Waals surface area contributed by atoms with Gasteiger partial charge < -0.3 is 19.5 Å². The first-order chi connectivity index (χ1) is 19.7. The van der Waals surface area contributed by atoms with Gasteiger partial charge in [0.2, 0.25) is 11.7 Å². The number of nitrogens with zero attached hydrogens (tertiary/aromatic N) is 4. The number of aromatic nitrogens is 2. The van der Waals surface area contributed by atoms with Gasteiger partial charge in [-0.05, 0) is 42.3 Å². The van der Waals surface area contributed by atoms with E-state index in [9.17, 15) is 27.2 Å². The van der Waals surface area contributed by atoms with Crippen LogP contribution in [0.25, 0.3) is 11.5 Å². The minimum Gasteiger partial charge on any atom is -0.431 e. The Balaban J connectivity index is 1.23. The third kappa shape index (κ3) is 6.53. The van der Waals surface area contributed by atoms with Crippen molar-refractivity contribution in [1.82, 2.24) is 14.9 Å². The summed E-state index contributed by atoms with van der Waals surface area (Å²) in [6.45, 7) is 1.91. The summed E-state index contributed by atoms with van der Waals surface area (Å²) in [5.74, 6) is -2.48. The zero-order valence-corrected chi connectivity index (χ0v) is 21.7. The van der Waals surface area contributed by atoms with E-state index in [1.807, 2.05) is 4.90 Å². The van der Waals surface area contributed by atoms with E-state index < -0.39 is 35.3 Å². The van der Waals surface area contributed by atoms with E-state index in [1.165, 1.54) is 18.3 Å². The van der Waals surface area contributed by atoms with Crippen molar-refractivity contribution in [2.45, 2.75) is 19.0 Å². The Hall–Kier alpha value is -4.74. The maximum atomic E-state index is 13.9. The molecule has 0 unspecified atom stereocenters. The summed E-state index contributed by atoms with van der Waals surface area (Å²) < 4.78 is 59.7. The fourth-order valence-corrected chi connectivity index (χ4v) is 4.49. The molecule has 0 spiro atoms. The maximum Gasteiger partial charge on any atom is 0.452 e. The number of carbonyl (C=O) groups is 2. The molecule has 12 heteroatoms. The maximum absolute atomic E-state index is 13.9. The molecule has 1 fully saturated rings. The van der Waals surface area contributed by atoms with E-state index >= 15 is 0 Å². The Bertz CT molecular complexity index is 1520. The van der Waals surface area contributed by atoms with Gasteiger partial charge in [-0.25, -0.2) is 19.2 Å². The van der Waals surface area contributed by atoms with Crippen molar-refractivity contribution in [2.24, 2.45) is 0 Å². The van der Waals surface area contributed by atoms with Crippen molar-refractivity contribution < 1.29 is 31.6 Å². The van der Waals surface area contributed by atoms with Crippen molar-refractivity contribution >= 4 is 23.3 Å². The molecule has 0 radical (unpaired) electrons. The predicted molar refractivity (Wildman–Crippen MR) is 143 cm³/mol. The molecular formula is C29H25F4N5O3. The highest BCUT2D eigenvalue weighted by Gasteiger charge is 2.41. The molecule has 1 aliphatic rings. The molecule has 1 N–H and O–H groups in total. The normalized spacial score (nSPS) is 14.0. The molecule has 4 aromatic rings. The molecule has 0 aliphatic carbocycles. The van der Waals surface area contributed by atoms with Crippen LogP contribution in [0, 0.1) is 5.82 Å². The molecule has 1 aliphatic heterocycles. The Morgan fingerprint density at radius 3 is 2.39 bits per heavy atom. The first-order valence-corrected chi connectivity index (χ1v) is 12.9. The van der Waals surface area contributed by atoms with E-state index in [0.717, 1.165) is 0 Å². The van der Waals surface area contributed by atoms with Crippen LogP contribution in [-0.4, -0.2) is 52.9 Å². The molecular weight excluding hydrogens is 542 g/mol. The number of rotatable bonds is 6. The van der Waals surface area contributed by atoms with Gasteiger partial charge in [-0.3, -0.25) is 4.79 Å². The van der Waals surface area contributed by atoms with E-state index in [-0.39, 0.29) is 18.0 Å². The molecule has 0 atom stereocenters. The quantitative estimate of drug-likeness (QED) is 0.225. The number of para-hydroxylation sites is 1. The van der Waals surface area contributed by atoms with Gasteiger partial charge in [0.05, 0.1) is 5.69 Å². The second kappa shape index (κ2) is 11.8. The lowest BCUT2D eigenvalue weighted by atomic mass is 10.1. The summed E-state index contributed by atoms with van der Waals surface area (Å²) in [7, 11) is 0. The molecule has 8 nitrogen and oxygen atoms in total. The van der Waals surface area contributed by atoms with Gasteiger partial charge >= 0.3 is 12.2 Å². The lowest BCUT2D eigenvalue weighted by molar-refractivity contribution is -0.153. The third-order valence-corrected chi connectivity index (χ3v) is 6.57. The van der Waals surface area contributed by atoms with E-state index in [4.69, 9.17) is 4.42 Å². The molecule has 41 heavy (non-hydrogen) atoms. The molecule has 5 rings (SSSR count). The summed E-state index contributed by atoms with van der Waals surface area (Å²) >= 11 is 0. The highest BCUT2D eigenvalue weighted by molar-refractivity contribution is 5.97. The molecule has 0 saturated carbocycles.